The lowest BCUT2D eigenvalue weighted by Gasteiger charge is -2.27. The normalized spacial score (nSPS) is 11.2. The molecule has 0 saturated carbocycles. The van der Waals surface area contributed by atoms with Crippen molar-refractivity contribution in [3.05, 3.63) is 28.5 Å². The fourth-order valence-electron chi connectivity index (χ4n) is 1.49. The summed E-state index contributed by atoms with van der Waals surface area (Å²) in [6.07, 6.45) is 1.33. The number of ether oxygens (including phenoxy) is 2. The third kappa shape index (κ3) is 6.34. The van der Waals surface area contributed by atoms with E-state index in [2.05, 4.69) is 20.9 Å². The van der Waals surface area contributed by atoms with Crippen LogP contribution in [0.2, 0.25) is 0 Å². The third-order valence-electron chi connectivity index (χ3n) is 2.35. The largest absolute Gasteiger partial charge is 0.444 e. The first-order valence-electron chi connectivity index (χ1n) is 6.39. The molecule has 1 amide bonds. The first-order valence-corrected chi connectivity index (χ1v) is 7.18. The lowest BCUT2D eigenvalue weighted by atomic mass is 10.2. The molecule has 0 N–H and O–H groups in total. The number of carbonyl (C=O) groups is 1. The monoisotopic (exact) mass is 344 g/mol. The lowest BCUT2D eigenvalue weighted by molar-refractivity contribution is 0.0181. The molecular weight excluding hydrogens is 324 g/mol. The number of nitrogens with zero attached hydrogens (tertiary/aromatic N) is 2. The summed E-state index contributed by atoms with van der Waals surface area (Å²) in [6, 6.07) is 3.72. The Balaban J connectivity index is 2.75. The molecule has 0 bridgehead atoms. The van der Waals surface area contributed by atoms with Gasteiger partial charge in [0.1, 0.15) is 5.60 Å². The number of hydrogen-bond acceptors (Lipinski definition) is 4. The van der Waals surface area contributed by atoms with Crippen LogP contribution in [0.4, 0.5) is 4.79 Å². The van der Waals surface area contributed by atoms with Gasteiger partial charge in [-0.2, -0.15) is 0 Å². The van der Waals surface area contributed by atoms with Crippen LogP contribution in [0.25, 0.3) is 0 Å². The summed E-state index contributed by atoms with van der Waals surface area (Å²) >= 11 is 3.39. The molecule has 0 atom stereocenters. The van der Waals surface area contributed by atoms with Crippen LogP contribution < -0.4 is 0 Å². The Morgan fingerprint density at radius 1 is 1.45 bits per heavy atom. The highest BCUT2D eigenvalue weighted by atomic mass is 79.9. The maximum Gasteiger partial charge on any atom is 0.410 e. The number of amides is 1. The molecule has 0 aliphatic carbocycles. The van der Waals surface area contributed by atoms with Crippen molar-refractivity contribution in [2.24, 2.45) is 0 Å². The highest BCUT2D eigenvalue weighted by molar-refractivity contribution is 9.10. The fourth-order valence-corrected chi connectivity index (χ4v) is 1.88. The van der Waals surface area contributed by atoms with E-state index >= 15 is 0 Å². The summed E-state index contributed by atoms with van der Waals surface area (Å²) in [5.74, 6) is 0. The van der Waals surface area contributed by atoms with E-state index in [0.29, 0.717) is 19.7 Å². The Kier molecular flexibility index (Phi) is 6.42. The average molecular weight is 345 g/mol. The molecule has 5 nitrogen and oxygen atoms in total. The van der Waals surface area contributed by atoms with E-state index in [0.717, 1.165) is 10.2 Å². The van der Waals surface area contributed by atoms with Crippen molar-refractivity contribution in [3.63, 3.8) is 0 Å². The highest BCUT2D eigenvalue weighted by Gasteiger charge is 2.22. The molecule has 0 fully saturated rings. The molecule has 0 aromatic carbocycles. The number of aromatic nitrogens is 1. The van der Waals surface area contributed by atoms with Gasteiger partial charge in [0.2, 0.25) is 0 Å². The number of rotatable bonds is 5. The minimum absolute atomic E-state index is 0.365. The van der Waals surface area contributed by atoms with Gasteiger partial charge in [0.15, 0.2) is 0 Å². The van der Waals surface area contributed by atoms with Crippen molar-refractivity contribution in [1.29, 1.82) is 0 Å². The van der Waals surface area contributed by atoms with Crippen LogP contribution >= 0.6 is 15.9 Å². The Morgan fingerprint density at radius 2 is 2.15 bits per heavy atom. The third-order valence-corrected chi connectivity index (χ3v) is 2.84. The van der Waals surface area contributed by atoms with Crippen molar-refractivity contribution in [2.75, 3.05) is 20.3 Å². The van der Waals surface area contributed by atoms with Crippen molar-refractivity contribution >= 4 is 22.0 Å². The molecule has 20 heavy (non-hydrogen) atoms. The first kappa shape index (κ1) is 16.9. The number of pyridine rings is 1. The van der Waals surface area contributed by atoms with Gasteiger partial charge < -0.3 is 9.47 Å². The van der Waals surface area contributed by atoms with E-state index in [4.69, 9.17) is 9.47 Å². The summed E-state index contributed by atoms with van der Waals surface area (Å²) < 4.78 is 11.4. The van der Waals surface area contributed by atoms with Crippen LogP contribution in [0, 0.1) is 0 Å². The van der Waals surface area contributed by atoms with Crippen molar-refractivity contribution < 1.29 is 14.3 Å². The van der Waals surface area contributed by atoms with E-state index in [9.17, 15) is 4.79 Å². The van der Waals surface area contributed by atoms with Gasteiger partial charge in [-0.3, -0.25) is 9.88 Å². The predicted molar refractivity (Wildman–Crippen MR) is 80.5 cm³/mol. The molecule has 1 rings (SSSR count). The number of halogens is 1. The minimum Gasteiger partial charge on any atom is -0.444 e. The molecule has 6 heteroatoms. The highest BCUT2D eigenvalue weighted by Crippen LogP contribution is 2.14. The van der Waals surface area contributed by atoms with Crippen LogP contribution in [0.15, 0.2) is 22.8 Å². The quantitative estimate of drug-likeness (QED) is 0.822. The molecule has 0 unspecified atom stereocenters. The van der Waals surface area contributed by atoms with Gasteiger partial charge in [0.05, 0.1) is 18.8 Å². The predicted octanol–water partition coefficient (Wildman–Crippen LogP) is 3.23. The van der Waals surface area contributed by atoms with Crippen molar-refractivity contribution in [2.45, 2.75) is 32.9 Å². The number of carbonyl (C=O) groups excluding carboxylic acids is 1. The van der Waals surface area contributed by atoms with Gasteiger partial charge in [-0.1, -0.05) is 15.9 Å². The van der Waals surface area contributed by atoms with Gasteiger partial charge in [0, 0.05) is 24.3 Å². The lowest BCUT2D eigenvalue weighted by Crippen LogP contribution is -2.38. The Hall–Kier alpha value is -1.14. The summed E-state index contributed by atoms with van der Waals surface area (Å²) in [5, 5.41) is 0. The zero-order valence-corrected chi connectivity index (χ0v) is 13.9. The Bertz CT molecular complexity index is 446. The fraction of sp³-hybridized carbons (Fsp3) is 0.571. The summed E-state index contributed by atoms with van der Waals surface area (Å²) in [6.45, 7) is 6.83. The number of hydrogen-bond donors (Lipinski definition) is 0. The second-order valence-electron chi connectivity index (χ2n) is 5.36. The maximum absolute atomic E-state index is 12.2. The zero-order chi connectivity index (χ0) is 15.2. The van der Waals surface area contributed by atoms with Crippen molar-refractivity contribution in [1.82, 2.24) is 9.88 Å². The van der Waals surface area contributed by atoms with E-state index in [-0.39, 0.29) is 6.09 Å². The van der Waals surface area contributed by atoms with E-state index in [1.807, 2.05) is 32.9 Å². The average Bonchev–Trinajstić information content (AvgIpc) is 2.32. The standard InChI is InChI=1S/C14H21BrN2O3/c1-14(2,3)20-13(18)17(7-8-19-4)10-12-9-11(15)5-6-16-12/h5-6,9H,7-8,10H2,1-4H3. The topological polar surface area (TPSA) is 51.7 Å². The molecule has 0 aliphatic heterocycles. The summed E-state index contributed by atoms with van der Waals surface area (Å²) in [7, 11) is 1.60. The molecular formula is C14H21BrN2O3. The smallest absolute Gasteiger partial charge is 0.410 e. The van der Waals surface area contributed by atoms with Crippen molar-refractivity contribution in [3.8, 4) is 0 Å². The second-order valence-corrected chi connectivity index (χ2v) is 6.28. The Labute approximate surface area is 128 Å². The van der Waals surface area contributed by atoms with E-state index in [1.165, 1.54) is 0 Å². The molecule has 0 spiro atoms. The van der Waals surface area contributed by atoms with Gasteiger partial charge in [-0.25, -0.2) is 4.79 Å². The second kappa shape index (κ2) is 7.59. The molecule has 0 aliphatic rings. The molecule has 0 radical (unpaired) electrons. The van der Waals surface area contributed by atoms with Crippen LogP contribution in [0.5, 0.6) is 0 Å². The van der Waals surface area contributed by atoms with Gasteiger partial charge in [-0.05, 0) is 32.9 Å². The van der Waals surface area contributed by atoms with E-state index < -0.39 is 5.60 Å². The van der Waals surface area contributed by atoms with Gasteiger partial charge in [-0.15, -0.1) is 0 Å². The molecule has 1 aromatic heterocycles. The number of methoxy groups -OCH3 is 1. The minimum atomic E-state index is -0.521. The Morgan fingerprint density at radius 3 is 2.70 bits per heavy atom. The van der Waals surface area contributed by atoms with Crippen LogP contribution in [-0.2, 0) is 16.0 Å². The van der Waals surface area contributed by atoms with Crippen LogP contribution in [-0.4, -0.2) is 41.8 Å². The molecule has 1 aromatic rings. The van der Waals surface area contributed by atoms with E-state index in [1.54, 1.807) is 18.2 Å². The first-order chi connectivity index (χ1) is 9.31. The summed E-state index contributed by atoms with van der Waals surface area (Å²) in [5.41, 5.74) is 0.272. The van der Waals surface area contributed by atoms with Gasteiger partial charge >= 0.3 is 6.09 Å². The SMILES string of the molecule is COCCN(Cc1cc(Br)ccn1)C(=O)OC(C)(C)C. The summed E-state index contributed by atoms with van der Waals surface area (Å²) in [4.78, 5) is 18.0. The maximum atomic E-state index is 12.2. The molecule has 0 saturated heterocycles. The van der Waals surface area contributed by atoms with Crippen LogP contribution in [0.3, 0.4) is 0 Å². The molecule has 1 heterocycles. The van der Waals surface area contributed by atoms with Gasteiger partial charge in [0.25, 0.3) is 0 Å². The zero-order valence-electron chi connectivity index (χ0n) is 12.4. The van der Waals surface area contributed by atoms with Crippen LogP contribution in [0.1, 0.15) is 26.5 Å². The molecule has 112 valence electrons.